The van der Waals surface area contributed by atoms with Crippen LogP contribution in [0.15, 0.2) is 6.07 Å². The van der Waals surface area contributed by atoms with Gasteiger partial charge in [-0.3, -0.25) is 9.78 Å². The van der Waals surface area contributed by atoms with Gasteiger partial charge in [-0.1, -0.05) is 26.1 Å². The number of nitrogens with one attached hydrogen (secondary N) is 1. The van der Waals surface area contributed by atoms with Crippen molar-refractivity contribution in [1.29, 1.82) is 0 Å². The standard InChI is InChI=1S/C9H14F2N2S/c1-6(2)3-4-13-8(14)5-7(12-13)9(10)11/h5-6,9,12H,3-4H2,1-2H3. The van der Waals surface area contributed by atoms with Crippen LogP contribution in [0.4, 0.5) is 8.78 Å². The molecule has 0 bridgehead atoms. The average Bonchev–Trinajstić information content (AvgIpc) is 2.43. The molecule has 0 saturated heterocycles. The molecule has 80 valence electrons. The molecule has 0 fully saturated rings. The molecule has 1 aromatic rings. The Labute approximate surface area is 86.9 Å². The predicted octanol–water partition coefficient (Wildman–Crippen LogP) is 3.53. The highest BCUT2D eigenvalue weighted by Crippen LogP contribution is 2.17. The SMILES string of the molecule is CC(C)CCn1[nH]c(C(F)F)cc1=S. The molecular formula is C9H14F2N2S. The summed E-state index contributed by atoms with van der Waals surface area (Å²) in [6.07, 6.45) is -1.55. The Balaban J connectivity index is 2.73. The highest BCUT2D eigenvalue weighted by atomic mass is 32.1. The second kappa shape index (κ2) is 4.68. The van der Waals surface area contributed by atoms with Crippen molar-refractivity contribution in [2.45, 2.75) is 33.2 Å². The summed E-state index contributed by atoms with van der Waals surface area (Å²) < 4.78 is 26.6. The Morgan fingerprint density at radius 1 is 1.50 bits per heavy atom. The number of aromatic amines is 1. The van der Waals surface area contributed by atoms with Crippen molar-refractivity contribution >= 4 is 12.2 Å². The molecule has 0 aromatic carbocycles. The minimum atomic E-state index is -2.48. The molecule has 0 unspecified atom stereocenters. The topological polar surface area (TPSA) is 20.7 Å². The quantitative estimate of drug-likeness (QED) is 0.770. The van der Waals surface area contributed by atoms with Crippen molar-refractivity contribution in [3.05, 3.63) is 16.4 Å². The van der Waals surface area contributed by atoms with Gasteiger partial charge in [0.05, 0.1) is 0 Å². The first-order valence-electron chi connectivity index (χ1n) is 4.58. The second-order valence-corrected chi connectivity index (χ2v) is 4.10. The van der Waals surface area contributed by atoms with E-state index in [4.69, 9.17) is 12.2 Å². The van der Waals surface area contributed by atoms with E-state index >= 15 is 0 Å². The third-order valence-electron chi connectivity index (χ3n) is 1.97. The Morgan fingerprint density at radius 3 is 2.57 bits per heavy atom. The highest BCUT2D eigenvalue weighted by molar-refractivity contribution is 7.71. The molecule has 1 aromatic heterocycles. The van der Waals surface area contributed by atoms with Gasteiger partial charge in [-0.05, 0) is 12.3 Å². The fourth-order valence-electron chi connectivity index (χ4n) is 1.12. The Morgan fingerprint density at radius 2 is 2.14 bits per heavy atom. The van der Waals surface area contributed by atoms with E-state index in [1.807, 2.05) is 0 Å². The van der Waals surface area contributed by atoms with Gasteiger partial charge in [0.25, 0.3) is 6.43 Å². The summed E-state index contributed by atoms with van der Waals surface area (Å²) in [4.78, 5) is 0. The summed E-state index contributed by atoms with van der Waals surface area (Å²) in [7, 11) is 0. The van der Waals surface area contributed by atoms with Gasteiger partial charge >= 0.3 is 0 Å². The van der Waals surface area contributed by atoms with Crippen LogP contribution in [-0.4, -0.2) is 9.78 Å². The van der Waals surface area contributed by atoms with E-state index in [2.05, 4.69) is 18.9 Å². The first kappa shape index (κ1) is 11.4. The van der Waals surface area contributed by atoms with Crippen LogP contribution in [0.25, 0.3) is 0 Å². The van der Waals surface area contributed by atoms with Crippen molar-refractivity contribution < 1.29 is 8.78 Å². The molecule has 0 spiro atoms. The van der Waals surface area contributed by atoms with Crippen molar-refractivity contribution in [3.63, 3.8) is 0 Å². The number of alkyl halides is 2. The van der Waals surface area contributed by atoms with Crippen LogP contribution in [0, 0.1) is 10.6 Å². The first-order chi connectivity index (χ1) is 6.50. The molecule has 0 radical (unpaired) electrons. The third-order valence-corrected chi connectivity index (χ3v) is 2.31. The molecule has 14 heavy (non-hydrogen) atoms. The maximum Gasteiger partial charge on any atom is 0.279 e. The summed E-state index contributed by atoms with van der Waals surface area (Å²) in [6, 6.07) is 1.32. The molecular weight excluding hydrogens is 206 g/mol. The van der Waals surface area contributed by atoms with E-state index in [-0.39, 0.29) is 5.69 Å². The van der Waals surface area contributed by atoms with Gasteiger partial charge in [-0.15, -0.1) is 0 Å². The maximum atomic E-state index is 12.3. The van der Waals surface area contributed by atoms with Crippen LogP contribution in [-0.2, 0) is 6.54 Å². The van der Waals surface area contributed by atoms with Gasteiger partial charge < -0.3 is 0 Å². The summed E-state index contributed by atoms with van der Waals surface area (Å²) in [5, 5.41) is 2.60. The lowest BCUT2D eigenvalue weighted by Gasteiger charge is -2.05. The van der Waals surface area contributed by atoms with Crippen molar-refractivity contribution in [2.24, 2.45) is 5.92 Å². The number of nitrogens with zero attached hydrogens (tertiary/aromatic N) is 1. The first-order valence-corrected chi connectivity index (χ1v) is 4.99. The summed E-state index contributed by atoms with van der Waals surface area (Å²) in [5.41, 5.74) is -0.0984. The Hall–Kier alpha value is -0.710. The highest BCUT2D eigenvalue weighted by Gasteiger charge is 2.10. The molecule has 1 N–H and O–H groups in total. The fourth-order valence-corrected chi connectivity index (χ4v) is 1.38. The average molecular weight is 220 g/mol. The lowest BCUT2D eigenvalue weighted by Crippen LogP contribution is -2.03. The number of hydrogen-bond donors (Lipinski definition) is 1. The molecule has 1 heterocycles. The summed E-state index contributed by atoms with van der Waals surface area (Å²) in [6.45, 7) is 4.84. The van der Waals surface area contributed by atoms with E-state index < -0.39 is 6.43 Å². The molecule has 0 aliphatic rings. The third kappa shape index (κ3) is 2.90. The largest absolute Gasteiger partial charge is 0.296 e. The minimum absolute atomic E-state index is 0.0984. The zero-order valence-corrected chi connectivity index (χ0v) is 9.07. The number of aromatic nitrogens is 2. The maximum absolute atomic E-state index is 12.3. The smallest absolute Gasteiger partial charge is 0.279 e. The number of hydrogen-bond acceptors (Lipinski definition) is 1. The van der Waals surface area contributed by atoms with E-state index in [1.165, 1.54) is 6.07 Å². The van der Waals surface area contributed by atoms with Gasteiger partial charge in [0.2, 0.25) is 0 Å². The lowest BCUT2D eigenvalue weighted by molar-refractivity contribution is 0.145. The summed E-state index contributed by atoms with van der Waals surface area (Å²) >= 11 is 4.94. The zero-order valence-electron chi connectivity index (χ0n) is 8.26. The van der Waals surface area contributed by atoms with Crippen LogP contribution in [0.5, 0.6) is 0 Å². The minimum Gasteiger partial charge on any atom is -0.296 e. The number of rotatable bonds is 4. The monoisotopic (exact) mass is 220 g/mol. The van der Waals surface area contributed by atoms with Crippen LogP contribution >= 0.6 is 12.2 Å². The van der Waals surface area contributed by atoms with E-state index in [0.29, 0.717) is 17.1 Å². The van der Waals surface area contributed by atoms with E-state index in [1.54, 1.807) is 4.68 Å². The number of halogens is 2. The van der Waals surface area contributed by atoms with Gasteiger partial charge in [0.15, 0.2) is 0 Å². The molecule has 0 aliphatic carbocycles. The van der Waals surface area contributed by atoms with Crippen molar-refractivity contribution in [3.8, 4) is 0 Å². The molecule has 2 nitrogen and oxygen atoms in total. The van der Waals surface area contributed by atoms with Crippen LogP contribution < -0.4 is 0 Å². The number of H-pyrrole nitrogens is 1. The zero-order chi connectivity index (χ0) is 10.7. The normalized spacial score (nSPS) is 11.6. The molecule has 5 heteroatoms. The van der Waals surface area contributed by atoms with Crippen LogP contribution in [0.3, 0.4) is 0 Å². The molecule has 0 atom stereocenters. The van der Waals surface area contributed by atoms with E-state index in [0.717, 1.165) is 6.42 Å². The van der Waals surface area contributed by atoms with E-state index in [9.17, 15) is 8.78 Å². The molecule has 0 aliphatic heterocycles. The Kier molecular flexibility index (Phi) is 3.80. The van der Waals surface area contributed by atoms with Crippen molar-refractivity contribution in [2.75, 3.05) is 0 Å². The van der Waals surface area contributed by atoms with Gasteiger partial charge in [-0.25, -0.2) is 8.78 Å². The van der Waals surface area contributed by atoms with Gasteiger partial charge in [-0.2, -0.15) is 0 Å². The van der Waals surface area contributed by atoms with Crippen molar-refractivity contribution in [1.82, 2.24) is 9.78 Å². The second-order valence-electron chi connectivity index (χ2n) is 3.68. The molecule has 0 amide bonds. The van der Waals surface area contributed by atoms with Gasteiger partial charge in [0, 0.05) is 12.6 Å². The fraction of sp³-hybridized carbons (Fsp3) is 0.667. The molecule has 1 rings (SSSR count). The van der Waals surface area contributed by atoms with Gasteiger partial charge in [0.1, 0.15) is 10.3 Å². The lowest BCUT2D eigenvalue weighted by atomic mass is 10.1. The van der Waals surface area contributed by atoms with Crippen LogP contribution in [0.2, 0.25) is 0 Å². The Bertz CT molecular complexity index is 341. The molecule has 0 saturated carbocycles. The summed E-state index contributed by atoms with van der Waals surface area (Å²) in [5.74, 6) is 0.537. The number of aryl methyl sites for hydroxylation is 1. The predicted molar refractivity (Wildman–Crippen MR) is 54.0 cm³/mol. The van der Waals surface area contributed by atoms with Crippen LogP contribution in [0.1, 0.15) is 32.4 Å².